The number of ether oxygens (including phenoxy) is 2. The van der Waals surface area contributed by atoms with Gasteiger partial charge in [0.15, 0.2) is 0 Å². The van der Waals surface area contributed by atoms with Crippen LogP contribution in [0.25, 0.3) is 0 Å². The maximum Gasteiger partial charge on any atom is 0.251 e. The van der Waals surface area contributed by atoms with Crippen LogP contribution in [0, 0.1) is 0 Å². The summed E-state index contributed by atoms with van der Waals surface area (Å²) in [5.74, 6) is 0.597. The first-order valence-corrected chi connectivity index (χ1v) is 9.18. The number of halogens is 1. The van der Waals surface area contributed by atoms with E-state index in [0.29, 0.717) is 31.1 Å². The van der Waals surface area contributed by atoms with Crippen molar-refractivity contribution < 1.29 is 14.3 Å². The Morgan fingerprint density at radius 1 is 1.20 bits per heavy atom. The van der Waals surface area contributed by atoms with Crippen molar-refractivity contribution in [2.45, 2.75) is 18.3 Å². The van der Waals surface area contributed by atoms with E-state index in [1.54, 1.807) is 19.2 Å². The predicted molar refractivity (Wildman–Crippen MR) is 101 cm³/mol. The van der Waals surface area contributed by atoms with Crippen molar-refractivity contribution in [2.75, 3.05) is 26.9 Å². The molecular formula is C20H22BrNO3. The molecule has 0 aromatic heterocycles. The number of rotatable bonds is 5. The Hall–Kier alpha value is -1.85. The van der Waals surface area contributed by atoms with E-state index >= 15 is 0 Å². The van der Waals surface area contributed by atoms with Crippen LogP contribution < -0.4 is 10.1 Å². The molecule has 25 heavy (non-hydrogen) atoms. The predicted octanol–water partition coefficient (Wildman–Crippen LogP) is 3.94. The second kappa shape index (κ2) is 8.02. The van der Waals surface area contributed by atoms with Crippen molar-refractivity contribution in [2.24, 2.45) is 0 Å². The van der Waals surface area contributed by atoms with Crippen molar-refractivity contribution in [3.8, 4) is 5.75 Å². The largest absolute Gasteiger partial charge is 0.497 e. The third-order valence-electron chi connectivity index (χ3n) is 4.81. The molecule has 1 fully saturated rings. The van der Waals surface area contributed by atoms with Gasteiger partial charge in [0.25, 0.3) is 5.91 Å². The molecule has 3 rings (SSSR count). The van der Waals surface area contributed by atoms with Crippen LogP contribution >= 0.6 is 15.9 Å². The highest BCUT2D eigenvalue weighted by Crippen LogP contribution is 2.35. The minimum atomic E-state index is -0.101. The zero-order chi connectivity index (χ0) is 17.7. The zero-order valence-corrected chi connectivity index (χ0v) is 15.8. The number of amides is 1. The lowest BCUT2D eigenvalue weighted by Gasteiger charge is -2.38. The second-order valence-corrected chi connectivity index (χ2v) is 7.23. The molecule has 0 saturated carbocycles. The molecule has 0 aliphatic carbocycles. The van der Waals surface area contributed by atoms with E-state index in [4.69, 9.17) is 9.47 Å². The van der Waals surface area contributed by atoms with E-state index in [1.807, 2.05) is 24.3 Å². The summed E-state index contributed by atoms with van der Waals surface area (Å²) in [6.07, 6.45) is 1.78. The Morgan fingerprint density at radius 3 is 2.68 bits per heavy atom. The average Bonchev–Trinajstić information content (AvgIpc) is 2.67. The van der Waals surface area contributed by atoms with Gasteiger partial charge in [0.2, 0.25) is 0 Å². The Kier molecular flexibility index (Phi) is 5.76. The lowest BCUT2D eigenvalue weighted by atomic mass is 9.74. The molecule has 2 aromatic rings. The van der Waals surface area contributed by atoms with Gasteiger partial charge in [-0.1, -0.05) is 34.1 Å². The molecule has 5 heteroatoms. The molecule has 1 aliphatic rings. The molecule has 1 saturated heterocycles. The average molecular weight is 404 g/mol. The van der Waals surface area contributed by atoms with Crippen molar-refractivity contribution in [1.82, 2.24) is 5.32 Å². The van der Waals surface area contributed by atoms with Crippen LogP contribution in [0.15, 0.2) is 53.0 Å². The van der Waals surface area contributed by atoms with Gasteiger partial charge in [0.05, 0.1) is 7.11 Å². The van der Waals surface area contributed by atoms with Crippen LogP contribution in [0.3, 0.4) is 0 Å². The highest BCUT2D eigenvalue weighted by molar-refractivity contribution is 9.10. The molecule has 1 aliphatic heterocycles. The first kappa shape index (κ1) is 18.0. The molecule has 0 bridgehead atoms. The van der Waals surface area contributed by atoms with Crippen LogP contribution in [-0.4, -0.2) is 32.8 Å². The number of hydrogen-bond donors (Lipinski definition) is 1. The van der Waals surface area contributed by atoms with E-state index in [-0.39, 0.29) is 11.3 Å². The Labute approximate surface area is 156 Å². The van der Waals surface area contributed by atoms with Crippen LogP contribution in [0.5, 0.6) is 5.75 Å². The van der Waals surface area contributed by atoms with E-state index in [2.05, 4.69) is 33.4 Å². The minimum Gasteiger partial charge on any atom is -0.497 e. The number of carbonyl (C=O) groups excluding carboxylic acids is 1. The minimum absolute atomic E-state index is 0.0836. The number of methoxy groups -OCH3 is 1. The van der Waals surface area contributed by atoms with E-state index in [9.17, 15) is 4.79 Å². The molecule has 132 valence electrons. The highest BCUT2D eigenvalue weighted by Gasteiger charge is 2.35. The maximum absolute atomic E-state index is 12.6. The van der Waals surface area contributed by atoms with Crippen LogP contribution in [0.4, 0.5) is 0 Å². The Bertz CT molecular complexity index is 741. The molecule has 4 nitrogen and oxygen atoms in total. The smallest absolute Gasteiger partial charge is 0.251 e. The summed E-state index contributed by atoms with van der Waals surface area (Å²) in [6, 6.07) is 15.5. The van der Waals surface area contributed by atoms with E-state index in [1.165, 1.54) is 5.56 Å². The van der Waals surface area contributed by atoms with E-state index < -0.39 is 0 Å². The summed E-state index contributed by atoms with van der Waals surface area (Å²) >= 11 is 3.55. The third-order valence-corrected chi connectivity index (χ3v) is 5.30. The van der Waals surface area contributed by atoms with Gasteiger partial charge in [-0.25, -0.2) is 0 Å². The molecule has 1 N–H and O–H groups in total. The van der Waals surface area contributed by atoms with E-state index in [0.717, 1.165) is 17.3 Å². The second-order valence-electron chi connectivity index (χ2n) is 6.32. The Morgan fingerprint density at radius 2 is 1.96 bits per heavy atom. The molecule has 1 heterocycles. The highest BCUT2D eigenvalue weighted by atomic mass is 79.9. The fourth-order valence-corrected chi connectivity index (χ4v) is 3.66. The molecule has 0 radical (unpaired) electrons. The topological polar surface area (TPSA) is 47.6 Å². The fourth-order valence-electron chi connectivity index (χ4n) is 3.26. The Balaban J connectivity index is 1.78. The molecule has 2 aromatic carbocycles. The summed E-state index contributed by atoms with van der Waals surface area (Å²) in [7, 11) is 1.60. The first-order chi connectivity index (χ1) is 12.1. The summed E-state index contributed by atoms with van der Waals surface area (Å²) in [5, 5.41) is 3.11. The lowest BCUT2D eigenvalue weighted by molar-refractivity contribution is 0.0487. The quantitative estimate of drug-likeness (QED) is 0.822. The van der Waals surface area contributed by atoms with Crippen LogP contribution in [0.1, 0.15) is 28.8 Å². The summed E-state index contributed by atoms with van der Waals surface area (Å²) in [5.41, 5.74) is 1.74. The third kappa shape index (κ3) is 4.22. The maximum atomic E-state index is 12.6. The van der Waals surface area contributed by atoms with Gasteiger partial charge in [-0.3, -0.25) is 4.79 Å². The summed E-state index contributed by atoms with van der Waals surface area (Å²) in [4.78, 5) is 12.6. The van der Waals surface area contributed by atoms with Gasteiger partial charge >= 0.3 is 0 Å². The SMILES string of the molecule is COc1cccc(C(=O)NCC2(c3cccc(Br)c3)CCOCC2)c1. The molecule has 0 spiro atoms. The van der Waals surface area contributed by atoms with Crippen molar-refractivity contribution in [3.63, 3.8) is 0 Å². The number of carbonyl (C=O) groups is 1. The summed E-state index contributed by atoms with van der Waals surface area (Å²) < 4.78 is 11.8. The van der Waals surface area contributed by atoms with Crippen LogP contribution in [-0.2, 0) is 10.2 Å². The van der Waals surface area contributed by atoms with Gasteiger partial charge in [0, 0.05) is 35.2 Å². The van der Waals surface area contributed by atoms with Gasteiger partial charge in [-0.15, -0.1) is 0 Å². The first-order valence-electron chi connectivity index (χ1n) is 8.39. The lowest BCUT2D eigenvalue weighted by Crippen LogP contribution is -2.44. The zero-order valence-electron chi connectivity index (χ0n) is 14.3. The fraction of sp³-hybridized carbons (Fsp3) is 0.350. The molecular weight excluding hydrogens is 382 g/mol. The number of hydrogen-bond acceptors (Lipinski definition) is 3. The van der Waals surface area contributed by atoms with Crippen LogP contribution in [0.2, 0.25) is 0 Å². The van der Waals surface area contributed by atoms with Crippen molar-refractivity contribution in [1.29, 1.82) is 0 Å². The van der Waals surface area contributed by atoms with Gasteiger partial charge < -0.3 is 14.8 Å². The standard InChI is InChI=1S/C20H22BrNO3/c1-24-18-7-2-4-15(12-18)19(23)22-14-20(8-10-25-11-9-20)16-5-3-6-17(21)13-16/h2-7,12-13H,8-11,14H2,1H3,(H,22,23). The summed E-state index contributed by atoms with van der Waals surface area (Å²) in [6.45, 7) is 2.01. The molecule has 1 amide bonds. The molecule has 0 atom stereocenters. The van der Waals surface area contributed by atoms with Gasteiger partial charge in [0.1, 0.15) is 5.75 Å². The molecule has 0 unspecified atom stereocenters. The monoisotopic (exact) mass is 403 g/mol. The van der Waals surface area contributed by atoms with Crippen molar-refractivity contribution >= 4 is 21.8 Å². The normalized spacial score (nSPS) is 16.2. The van der Waals surface area contributed by atoms with Gasteiger partial charge in [-0.05, 0) is 48.7 Å². The number of nitrogens with one attached hydrogen (secondary N) is 1. The van der Waals surface area contributed by atoms with Crippen molar-refractivity contribution in [3.05, 3.63) is 64.1 Å². The van der Waals surface area contributed by atoms with Gasteiger partial charge in [-0.2, -0.15) is 0 Å². The number of benzene rings is 2.